The number of nitrogens with one attached hydrogen (secondary N) is 4. The van der Waals surface area contributed by atoms with Crippen molar-refractivity contribution in [3.05, 3.63) is 0 Å². The highest BCUT2D eigenvalue weighted by Crippen LogP contribution is 2.07. The normalized spacial score (nSPS) is 17.7. The van der Waals surface area contributed by atoms with Crippen LogP contribution >= 0.6 is 0 Å². The quantitative estimate of drug-likeness (QED) is 0.148. The first-order chi connectivity index (χ1) is 14.4. The largest absolute Gasteiger partial charge is 0.480 e. The van der Waals surface area contributed by atoms with E-state index in [2.05, 4.69) is 21.3 Å². The molecule has 0 aromatic heterocycles. The summed E-state index contributed by atoms with van der Waals surface area (Å²) in [5.74, 6) is -2.46. The summed E-state index contributed by atoms with van der Waals surface area (Å²) >= 11 is 0. The van der Waals surface area contributed by atoms with E-state index < -0.39 is 29.9 Å². The van der Waals surface area contributed by atoms with E-state index in [0.29, 0.717) is 51.6 Å². The Morgan fingerprint density at radius 3 is 2.13 bits per heavy atom. The Bertz CT molecular complexity index is 568. The van der Waals surface area contributed by atoms with Crippen LogP contribution in [0.5, 0.6) is 0 Å². The fourth-order valence-electron chi connectivity index (χ4n) is 3.23. The predicted octanol–water partition coefficient (Wildman–Crippen LogP) is -1.83. The third kappa shape index (κ3) is 9.99. The number of carbonyl (C=O) groups is 4. The van der Waals surface area contributed by atoms with E-state index in [9.17, 15) is 24.3 Å². The number of carboxylic acids is 1. The summed E-state index contributed by atoms with van der Waals surface area (Å²) < 4.78 is 0. The fourth-order valence-corrected chi connectivity index (χ4v) is 3.23. The zero-order valence-corrected chi connectivity index (χ0v) is 17.5. The molecular weight excluding hydrogens is 392 g/mol. The Labute approximate surface area is 177 Å². The monoisotopic (exact) mass is 428 g/mol. The van der Waals surface area contributed by atoms with Gasteiger partial charge in [0.05, 0.1) is 12.6 Å². The van der Waals surface area contributed by atoms with Gasteiger partial charge in [0.2, 0.25) is 17.7 Å². The van der Waals surface area contributed by atoms with Gasteiger partial charge >= 0.3 is 5.97 Å². The topological polar surface area (TPSA) is 189 Å². The molecule has 0 aromatic carbocycles. The van der Waals surface area contributed by atoms with Crippen LogP contribution in [0.4, 0.5) is 0 Å². The van der Waals surface area contributed by atoms with Crippen LogP contribution in [0.1, 0.15) is 51.4 Å². The number of unbranched alkanes of at least 4 members (excludes halogenated alkanes) is 2. The van der Waals surface area contributed by atoms with Gasteiger partial charge in [-0.15, -0.1) is 0 Å². The van der Waals surface area contributed by atoms with Crippen molar-refractivity contribution in [1.82, 2.24) is 21.3 Å². The first-order valence-corrected chi connectivity index (χ1v) is 10.6. The molecule has 30 heavy (non-hydrogen) atoms. The minimum Gasteiger partial charge on any atom is -0.480 e. The smallest absolute Gasteiger partial charge is 0.326 e. The van der Waals surface area contributed by atoms with E-state index in [1.165, 1.54) is 0 Å². The number of carboxylic acid groups (broad SMARTS) is 1. The lowest BCUT2D eigenvalue weighted by Crippen LogP contribution is -2.53. The fraction of sp³-hybridized carbons (Fsp3) is 0.789. The maximum absolute atomic E-state index is 12.5. The summed E-state index contributed by atoms with van der Waals surface area (Å²) in [4.78, 5) is 48.2. The van der Waals surface area contributed by atoms with Gasteiger partial charge in [0, 0.05) is 0 Å². The Balaban J connectivity index is 2.53. The summed E-state index contributed by atoms with van der Waals surface area (Å²) in [7, 11) is 0. The Morgan fingerprint density at radius 2 is 1.60 bits per heavy atom. The molecule has 0 bridgehead atoms. The Kier molecular flexibility index (Phi) is 12.6. The molecule has 1 aliphatic rings. The van der Waals surface area contributed by atoms with Crippen molar-refractivity contribution in [2.24, 2.45) is 11.5 Å². The third-order valence-corrected chi connectivity index (χ3v) is 4.96. The van der Waals surface area contributed by atoms with Crippen LogP contribution in [0.25, 0.3) is 0 Å². The van der Waals surface area contributed by atoms with E-state index in [0.717, 1.165) is 13.0 Å². The lowest BCUT2D eigenvalue weighted by molar-refractivity contribution is -0.142. The molecule has 1 aliphatic heterocycles. The highest BCUT2D eigenvalue weighted by molar-refractivity contribution is 5.92. The number of hydrogen-bond acceptors (Lipinski definition) is 7. The number of carbonyl (C=O) groups excluding carboxylic acids is 3. The zero-order chi connectivity index (χ0) is 22.4. The number of hydrogen-bond donors (Lipinski definition) is 7. The van der Waals surface area contributed by atoms with Crippen LogP contribution in [-0.2, 0) is 19.2 Å². The summed E-state index contributed by atoms with van der Waals surface area (Å²) in [5, 5.41) is 19.9. The van der Waals surface area contributed by atoms with Crippen LogP contribution in [-0.4, -0.2) is 73.1 Å². The molecule has 9 N–H and O–H groups in total. The zero-order valence-electron chi connectivity index (χ0n) is 17.5. The number of nitrogens with two attached hydrogens (primary N) is 2. The first-order valence-electron chi connectivity index (χ1n) is 10.6. The van der Waals surface area contributed by atoms with E-state index in [1.54, 1.807) is 0 Å². The highest BCUT2D eigenvalue weighted by Gasteiger charge is 2.27. The van der Waals surface area contributed by atoms with Crippen LogP contribution in [0.2, 0.25) is 0 Å². The molecule has 11 heteroatoms. The maximum Gasteiger partial charge on any atom is 0.326 e. The number of aliphatic carboxylic acids is 1. The van der Waals surface area contributed by atoms with Gasteiger partial charge in [0.1, 0.15) is 12.1 Å². The third-order valence-electron chi connectivity index (χ3n) is 4.96. The van der Waals surface area contributed by atoms with Gasteiger partial charge in [-0.1, -0.05) is 0 Å². The summed E-state index contributed by atoms with van der Waals surface area (Å²) in [5.41, 5.74) is 10.9. The molecule has 0 radical (unpaired) electrons. The lowest BCUT2D eigenvalue weighted by Gasteiger charge is -2.21. The van der Waals surface area contributed by atoms with E-state index in [4.69, 9.17) is 11.5 Å². The van der Waals surface area contributed by atoms with Gasteiger partial charge < -0.3 is 37.8 Å². The molecule has 1 heterocycles. The summed E-state index contributed by atoms with van der Waals surface area (Å²) in [6.45, 7) is 1.32. The van der Waals surface area contributed by atoms with Crippen molar-refractivity contribution in [2.75, 3.05) is 26.2 Å². The van der Waals surface area contributed by atoms with Gasteiger partial charge in [-0.25, -0.2) is 4.79 Å². The molecule has 1 saturated heterocycles. The maximum atomic E-state index is 12.5. The minimum absolute atomic E-state index is 0.240. The van der Waals surface area contributed by atoms with Gasteiger partial charge in [-0.05, 0) is 71.0 Å². The molecule has 11 nitrogen and oxygen atoms in total. The summed E-state index contributed by atoms with van der Waals surface area (Å²) in [6.07, 6.45) is 4.88. The van der Waals surface area contributed by atoms with E-state index in [-0.39, 0.29) is 24.9 Å². The van der Waals surface area contributed by atoms with E-state index in [1.807, 2.05) is 0 Å². The highest BCUT2D eigenvalue weighted by atomic mass is 16.4. The van der Waals surface area contributed by atoms with Gasteiger partial charge in [-0.3, -0.25) is 14.4 Å². The van der Waals surface area contributed by atoms with Crippen LogP contribution in [0, 0.1) is 0 Å². The molecule has 0 saturated carbocycles. The molecule has 1 rings (SSSR count). The first kappa shape index (κ1) is 25.8. The second-order valence-corrected chi connectivity index (χ2v) is 7.46. The van der Waals surface area contributed by atoms with Crippen molar-refractivity contribution < 1.29 is 24.3 Å². The SMILES string of the molecule is NCCCC[C@H](NC(=O)CNC(=O)[C@H](CCCCN)NC(=O)[C@@H]1CCCN1)C(=O)O. The molecule has 0 aromatic rings. The molecule has 3 atom stereocenters. The molecular formula is C19H36N6O5. The number of rotatable bonds is 15. The van der Waals surface area contributed by atoms with Crippen LogP contribution in [0.3, 0.4) is 0 Å². The van der Waals surface area contributed by atoms with Crippen molar-refractivity contribution in [3.63, 3.8) is 0 Å². The van der Waals surface area contributed by atoms with Crippen molar-refractivity contribution in [1.29, 1.82) is 0 Å². The van der Waals surface area contributed by atoms with Crippen molar-refractivity contribution in [3.8, 4) is 0 Å². The van der Waals surface area contributed by atoms with Crippen molar-refractivity contribution in [2.45, 2.75) is 69.5 Å². The predicted molar refractivity (Wildman–Crippen MR) is 111 cm³/mol. The number of amides is 3. The van der Waals surface area contributed by atoms with E-state index >= 15 is 0 Å². The van der Waals surface area contributed by atoms with Gasteiger partial charge in [-0.2, -0.15) is 0 Å². The van der Waals surface area contributed by atoms with Crippen molar-refractivity contribution >= 4 is 23.7 Å². The second-order valence-electron chi connectivity index (χ2n) is 7.46. The molecule has 0 aliphatic carbocycles. The Morgan fingerprint density at radius 1 is 0.967 bits per heavy atom. The lowest BCUT2D eigenvalue weighted by atomic mass is 10.1. The summed E-state index contributed by atoms with van der Waals surface area (Å²) in [6, 6.07) is -2.13. The minimum atomic E-state index is -1.14. The molecule has 1 fully saturated rings. The molecule has 3 amide bonds. The molecule has 0 unspecified atom stereocenters. The average molecular weight is 429 g/mol. The molecule has 172 valence electrons. The second kappa shape index (κ2) is 14.7. The molecule has 0 spiro atoms. The standard InChI is InChI=1S/C19H36N6O5/c20-9-3-1-6-14(25-18(28)13-8-5-11-22-13)17(27)23-12-16(26)24-15(19(29)30)7-2-4-10-21/h13-15,22H,1-12,20-21H2,(H,23,27)(H,24,26)(H,25,28)(H,29,30)/t13-,14-,15-/m0/s1. The van der Waals surface area contributed by atoms with Crippen LogP contribution in [0.15, 0.2) is 0 Å². The van der Waals surface area contributed by atoms with Gasteiger partial charge in [0.25, 0.3) is 0 Å². The average Bonchev–Trinajstić information content (AvgIpc) is 3.25. The van der Waals surface area contributed by atoms with Crippen LogP contribution < -0.4 is 32.7 Å². The van der Waals surface area contributed by atoms with Gasteiger partial charge in [0.15, 0.2) is 0 Å². The Hall–Kier alpha value is -2.24.